The zero-order valence-corrected chi connectivity index (χ0v) is 40.7. The molecule has 0 bridgehead atoms. The third-order valence-corrected chi connectivity index (χ3v) is 12.2. The van der Waals surface area contributed by atoms with E-state index in [1.807, 2.05) is 0 Å². The molecular weight excluding hydrogens is 945 g/mol. The predicted molar refractivity (Wildman–Crippen MR) is 246 cm³/mol. The molecule has 3 aliphatic heterocycles. The Hall–Kier alpha value is -3.61. The normalized spacial score (nSPS) is 33.0. The summed E-state index contributed by atoms with van der Waals surface area (Å²) in [4.78, 5) is 61.7. The van der Waals surface area contributed by atoms with Crippen molar-refractivity contribution in [2.24, 2.45) is 0 Å². The van der Waals surface area contributed by atoms with Crippen LogP contribution < -0.4 is 21.3 Å². The summed E-state index contributed by atoms with van der Waals surface area (Å²) < 4.78 is 35.5. The van der Waals surface area contributed by atoms with Gasteiger partial charge in [0.05, 0.1) is 26.4 Å². The van der Waals surface area contributed by atoms with Gasteiger partial charge in [0.1, 0.15) is 104 Å². The molecule has 3 aliphatic rings. The van der Waals surface area contributed by atoms with E-state index in [4.69, 9.17) is 28.4 Å². The molecule has 25 heteroatoms. The van der Waals surface area contributed by atoms with E-state index in [0.29, 0.717) is 6.42 Å². The standard InChI is InChI=1S/C46H78N4O21/c1-5-6-7-8-9-10-11-12-13-14-15-16-17-18-32(60)50-33-38(63)37(62)29(21-53)66-44(33)70-42-31(23-55)68-46(35(40(42)65)49-26(4)58)71-43-30(22-54)67-45(34(39(43)64)48-25(3)57)69-41(28(59)20-52)36(61)27(19-51)47-24(2)56/h10-11,17-19,27-31,33-46,52-55,59,61-65H,5-9,12-16,20-23H2,1-4H3,(H,47,56)(H,48,57)(H,49,58)(H,50,60)/b11-10-,18-17+/t27-,28+,29+,30+,31+,33+,34+,35+,36+,37+,38+,39+,40+,41+,42+,43+,44-,45-,46-/m0/s1. The number of hydrogen-bond donors (Lipinski definition) is 14. The van der Waals surface area contributed by atoms with E-state index in [0.717, 1.165) is 52.9 Å². The summed E-state index contributed by atoms with van der Waals surface area (Å²) in [6, 6.07) is -6.61. The van der Waals surface area contributed by atoms with Crippen molar-refractivity contribution >= 4 is 29.9 Å². The van der Waals surface area contributed by atoms with E-state index < -0.39 is 166 Å². The molecule has 3 fully saturated rings. The average molecular weight is 1020 g/mol. The van der Waals surface area contributed by atoms with Crippen molar-refractivity contribution in [3.63, 3.8) is 0 Å². The number of aliphatic hydroxyl groups excluding tert-OH is 10. The molecule has 25 nitrogen and oxygen atoms in total. The number of nitrogens with one attached hydrogen (secondary N) is 4. The number of amides is 4. The molecule has 0 radical (unpaired) electrons. The molecule has 0 aromatic heterocycles. The molecular formula is C46H78N4O21. The van der Waals surface area contributed by atoms with Crippen molar-refractivity contribution in [1.29, 1.82) is 0 Å². The number of carbonyl (C=O) groups is 5. The molecule has 408 valence electrons. The molecule has 19 atom stereocenters. The second-order valence-corrected chi connectivity index (χ2v) is 17.9. The number of ether oxygens (including phenoxy) is 6. The maximum absolute atomic E-state index is 13.1. The number of hydrogen-bond acceptors (Lipinski definition) is 21. The van der Waals surface area contributed by atoms with Gasteiger partial charge < -0.3 is 106 Å². The van der Waals surface area contributed by atoms with E-state index in [-0.39, 0.29) is 6.29 Å². The number of carbonyl (C=O) groups excluding carboxylic acids is 5. The van der Waals surface area contributed by atoms with Crippen molar-refractivity contribution in [1.82, 2.24) is 21.3 Å². The Balaban J connectivity index is 1.82. The topological polar surface area (TPSA) is 391 Å². The number of aldehydes is 1. The molecule has 3 heterocycles. The average Bonchev–Trinajstić information content (AvgIpc) is 3.33. The molecule has 0 aliphatic carbocycles. The van der Waals surface area contributed by atoms with E-state index >= 15 is 0 Å². The Bertz CT molecular complexity index is 1680. The van der Waals surface area contributed by atoms with Crippen LogP contribution in [0.5, 0.6) is 0 Å². The number of allylic oxidation sites excluding steroid dienone is 3. The van der Waals surface area contributed by atoms with Crippen LogP contribution in [0.1, 0.15) is 91.9 Å². The summed E-state index contributed by atoms with van der Waals surface area (Å²) in [5.74, 6) is -3.04. The molecule has 0 spiro atoms. The number of rotatable bonds is 30. The molecule has 0 aromatic carbocycles. The first-order chi connectivity index (χ1) is 33.9. The van der Waals surface area contributed by atoms with Gasteiger partial charge in [-0.3, -0.25) is 19.2 Å². The highest BCUT2D eigenvalue weighted by atomic mass is 16.8. The van der Waals surface area contributed by atoms with Crippen LogP contribution in [0.3, 0.4) is 0 Å². The van der Waals surface area contributed by atoms with Crippen LogP contribution in [0, 0.1) is 0 Å². The highest BCUT2D eigenvalue weighted by Gasteiger charge is 2.55. The van der Waals surface area contributed by atoms with Crippen LogP contribution in [0.4, 0.5) is 0 Å². The fraction of sp³-hybridized carbons (Fsp3) is 0.804. The first-order valence-corrected chi connectivity index (χ1v) is 24.2. The summed E-state index contributed by atoms with van der Waals surface area (Å²) in [6.07, 6.45) is -9.54. The fourth-order valence-electron chi connectivity index (χ4n) is 8.47. The SMILES string of the molecule is CCCCCC/C=C\CCCCC/C=C/C(=O)N[C@H]1[C@H](O[C@H]2[C@H](O)[C@@H](NC(C)=O)[C@H](O[C@H]3[C@H](O)[C@@H](NC(C)=O)[C@H](O[C@@H]([C@H](O)[C@H](C=O)NC(C)=O)[C@H](O)CO)O[C@@H]3CO)O[C@@H]2CO)O[C@H](CO)[C@@H](O)[C@@H]1O. The second-order valence-electron chi connectivity index (χ2n) is 17.9. The minimum absolute atomic E-state index is 0.129. The van der Waals surface area contributed by atoms with Gasteiger partial charge in [0.2, 0.25) is 23.6 Å². The summed E-state index contributed by atoms with van der Waals surface area (Å²) in [5, 5.41) is 117. The van der Waals surface area contributed by atoms with Gasteiger partial charge in [-0.15, -0.1) is 0 Å². The van der Waals surface area contributed by atoms with Gasteiger partial charge in [-0.25, -0.2) is 0 Å². The zero-order valence-electron chi connectivity index (χ0n) is 40.7. The molecule has 3 rings (SSSR count). The van der Waals surface area contributed by atoms with Crippen molar-refractivity contribution in [3.05, 3.63) is 24.3 Å². The van der Waals surface area contributed by atoms with E-state index in [1.165, 1.54) is 31.8 Å². The van der Waals surface area contributed by atoms with Crippen molar-refractivity contribution in [2.75, 3.05) is 26.4 Å². The maximum atomic E-state index is 13.1. The van der Waals surface area contributed by atoms with Crippen molar-refractivity contribution in [2.45, 2.75) is 208 Å². The minimum Gasteiger partial charge on any atom is -0.394 e. The summed E-state index contributed by atoms with van der Waals surface area (Å²) in [7, 11) is 0. The summed E-state index contributed by atoms with van der Waals surface area (Å²) in [5.41, 5.74) is 0. The lowest BCUT2D eigenvalue weighted by molar-refractivity contribution is -0.357. The lowest BCUT2D eigenvalue weighted by Gasteiger charge is -2.50. The highest BCUT2D eigenvalue weighted by Crippen LogP contribution is 2.34. The van der Waals surface area contributed by atoms with E-state index in [1.54, 1.807) is 6.08 Å². The Morgan fingerprint density at radius 1 is 0.592 bits per heavy atom. The zero-order chi connectivity index (χ0) is 52.8. The highest BCUT2D eigenvalue weighted by molar-refractivity contribution is 5.87. The maximum Gasteiger partial charge on any atom is 0.244 e. The first-order valence-electron chi connectivity index (χ1n) is 24.2. The van der Waals surface area contributed by atoms with Crippen LogP contribution in [-0.2, 0) is 52.4 Å². The van der Waals surface area contributed by atoms with Gasteiger partial charge in [-0.05, 0) is 44.6 Å². The Morgan fingerprint density at radius 2 is 1.06 bits per heavy atom. The van der Waals surface area contributed by atoms with E-state index in [2.05, 4.69) is 40.3 Å². The van der Waals surface area contributed by atoms with Crippen molar-refractivity contribution in [3.8, 4) is 0 Å². The van der Waals surface area contributed by atoms with Gasteiger partial charge in [0.25, 0.3) is 0 Å². The van der Waals surface area contributed by atoms with Crippen LogP contribution in [0.2, 0.25) is 0 Å². The monoisotopic (exact) mass is 1020 g/mol. The van der Waals surface area contributed by atoms with Crippen LogP contribution in [-0.4, -0.2) is 224 Å². The van der Waals surface area contributed by atoms with Gasteiger partial charge in [0.15, 0.2) is 18.9 Å². The number of unbranched alkanes of at least 4 members (excludes halogenated alkanes) is 8. The summed E-state index contributed by atoms with van der Waals surface area (Å²) >= 11 is 0. The molecule has 4 amide bonds. The lowest BCUT2D eigenvalue weighted by Crippen LogP contribution is -2.71. The van der Waals surface area contributed by atoms with Gasteiger partial charge in [-0.1, -0.05) is 50.8 Å². The Morgan fingerprint density at radius 3 is 1.52 bits per heavy atom. The molecule has 0 aromatic rings. The molecule has 3 saturated heterocycles. The van der Waals surface area contributed by atoms with Crippen LogP contribution in [0.25, 0.3) is 0 Å². The first kappa shape index (κ1) is 61.7. The quantitative estimate of drug-likeness (QED) is 0.0140. The smallest absolute Gasteiger partial charge is 0.244 e. The molecule has 0 saturated carbocycles. The third-order valence-electron chi connectivity index (χ3n) is 12.2. The fourth-order valence-corrected chi connectivity index (χ4v) is 8.47. The van der Waals surface area contributed by atoms with Gasteiger partial charge in [-0.2, -0.15) is 0 Å². The predicted octanol–water partition coefficient (Wildman–Crippen LogP) is -4.32. The largest absolute Gasteiger partial charge is 0.394 e. The van der Waals surface area contributed by atoms with Crippen molar-refractivity contribution < 1.29 is 103 Å². The lowest BCUT2D eigenvalue weighted by atomic mass is 9.93. The second kappa shape index (κ2) is 31.9. The van der Waals surface area contributed by atoms with Gasteiger partial charge >= 0.3 is 0 Å². The van der Waals surface area contributed by atoms with Crippen LogP contribution >= 0.6 is 0 Å². The minimum atomic E-state index is -2.06. The molecule has 71 heavy (non-hydrogen) atoms. The van der Waals surface area contributed by atoms with E-state index in [9.17, 15) is 75.0 Å². The molecule has 14 N–H and O–H groups in total. The van der Waals surface area contributed by atoms with Crippen LogP contribution in [0.15, 0.2) is 24.3 Å². The third kappa shape index (κ3) is 18.7. The Kier molecular flexibility index (Phi) is 27.7. The Labute approximate surface area is 412 Å². The number of aliphatic hydroxyl groups is 10. The molecule has 0 unspecified atom stereocenters. The summed E-state index contributed by atoms with van der Waals surface area (Å²) in [6.45, 7) is 1.50. The van der Waals surface area contributed by atoms with Gasteiger partial charge in [0, 0.05) is 20.8 Å².